The van der Waals surface area contributed by atoms with Gasteiger partial charge in [-0.2, -0.15) is 0 Å². The molecular weight excluding hydrogens is 332 g/mol. The van der Waals surface area contributed by atoms with Crippen molar-refractivity contribution in [3.05, 3.63) is 71.5 Å². The van der Waals surface area contributed by atoms with Crippen molar-refractivity contribution >= 4 is 11.8 Å². The fraction of sp³-hybridized carbons (Fsp3) is 0.211. The van der Waals surface area contributed by atoms with Gasteiger partial charge in [-0.3, -0.25) is 4.79 Å². The van der Waals surface area contributed by atoms with Gasteiger partial charge >= 0.3 is 5.97 Å². The molecule has 3 aromatic rings. The van der Waals surface area contributed by atoms with Gasteiger partial charge in [-0.25, -0.2) is 9.48 Å². The second-order valence-electron chi connectivity index (χ2n) is 5.76. The first kappa shape index (κ1) is 17.5. The van der Waals surface area contributed by atoms with Crippen LogP contribution in [0, 0.1) is 0 Å². The van der Waals surface area contributed by atoms with Crippen LogP contribution >= 0.6 is 0 Å². The molecule has 0 radical (unpaired) electrons. The SMILES string of the molecule is CCc1ccc(C(=O)C(C)OC(=O)c2ccc(-n3cnnn3)cc2)cc1. The first-order valence-electron chi connectivity index (χ1n) is 8.26. The monoisotopic (exact) mass is 350 g/mol. The largest absolute Gasteiger partial charge is 0.451 e. The predicted molar refractivity (Wildman–Crippen MR) is 94.2 cm³/mol. The summed E-state index contributed by atoms with van der Waals surface area (Å²) < 4.78 is 6.78. The molecule has 0 aliphatic carbocycles. The van der Waals surface area contributed by atoms with Crippen LogP contribution in [0.3, 0.4) is 0 Å². The molecule has 1 aromatic heterocycles. The molecule has 0 saturated carbocycles. The number of ether oxygens (including phenoxy) is 1. The molecule has 0 N–H and O–H groups in total. The van der Waals surface area contributed by atoms with E-state index in [0.717, 1.165) is 12.0 Å². The smallest absolute Gasteiger partial charge is 0.338 e. The van der Waals surface area contributed by atoms with E-state index in [0.29, 0.717) is 16.8 Å². The predicted octanol–water partition coefficient (Wildman–Crippen LogP) is 2.65. The Balaban J connectivity index is 1.65. The first-order valence-corrected chi connectivity index (χ1v) is 8.26. The van der Waals surface area contributed by atoms with E-state index < -0.39 is 12.1 Å². The maximum Gasteiger partial charge on any atom is 0.338 e. The number of benzene rings is 2. The molecule has 0 amide bonds. The average molecular weight is 350 g/mol. The highest BCUT2D eigenvalue weighted by atomic mass is 16.5. The van der Waals surface area contributed by atoms with Crippen molar-refractivity contribution in [1.82, 2.24) is 20.2 Å². The van der Waals surface area contributed by atoms with Crippen LogP contribution in [0.4, 0.5) is 0 Å². The number of hydrogen-bond acceptors (Lipinski definition) is 6. The number of hydrogen-bond donors (Lipinski definition) is 0. The molecule has 2 aromatic carbocycles. The van der Waals surface area contributed by atoms with Crippen molar-refractivity contribution in [3.63, 3.8) is 0 Å². The van der Waals surface area contributed by atoms with Crippen LogP contribution in [-0.4, -0.2) is 38.1 Å². The van der Waals surface area contributed by atoms with Crippen LogP contribution < -0.4 is 0 Å². The van der Waals surface area contributed by atoms with Gasteiger partial charge in [0.05, 0.1) is 11.3 Å². The third-order valence-electron chi connectivity index (χ3n) is 4.02. The Hall–Kier alpha value is -3.35. The quantitative estimate of drug-likeness (QED) is 0.502. The van der Waals surface area contributed by atoms with E-state index >= 15 is 0 Å². The van der Waals surface area contributed by atoms with E-state index in [-0.39, 0.29) is 5.78 Å². The lowest BCUT2D eigenvalue weighted by molar-refractivity contribution is 0.0319. The van der Waals surface area contributed by atoms with Crippen LogP contribution in [0.1, 0.15) is 40.1 Å². The summed E-state index contributed by atoms with van der Waals surface area (Å²) >= 11 is 0. The molecular formula is C19H18N4O3. The molecule has 0 aliphatic heterocycles. The Morgan fingerprint density at radius 2 is 1.69 bits per heavy atom. The summed E-state index contributed by atoms with van der Waals surface area (Å²) in [6.07, 6.45) is 1.49. The van der Waals surface area contributed by atoms with Crippen molar-refractivity contribution in [2.45, 2.75) is 26.4 Å². The summed E-state index contributed by atoms with van der Waals surface area (Å²) in [4.78, 5) is 24.7. The number of aromatic nitrogens is 4. The second-order valence-corrected chi connectivity index (χ2v) is 5.76. The van der Waals surface area contributed by atoms with E-state index in [1.165, 1.54) is 11.0 Å². The van der Waals surface area contributed by atoms with Gasteiger partial charge in [-0.15, -0.1) is 5.10 Å². The van der Waals surface area contributed by atoms with Gasteiger partial charge < -0.3 is 4.74 Å². The molecule has 0 saturated heterocycles. The number of tetrazole rings is 1. The minimum atomic E-state index is -0.867. The summed E-state index contributed by atoms with van der Waals surface area (Å²) in [5.41, 5.74) is 2.74. The Kier molecular flexibility index (Phi) is 5.17. The number of aryl methyl sites for hydroxylation is 1. The Morgan fingerprint density at radius 3 is 2.27 bits per heavy atom. The van der Waals surface area contributed by atoms with Crippen molar-refractivity contribution < 1.29 is 14.3 Å². The van der Waals surface area contributed by atoms with E-state index in [1.54, 1.807) is 43.3 Å². The molecule has 0 bridgehead atoms. The van der Waals surface area contributed by atoms with Gasteiger partial charge in [0.2, 0.25) is 5.78 Å². The number of ketones is 1. The number of Topliss-reactive ketones (excluding diaryl/α,β-unsaturated/α-hetero) is 1. The van der Waals surface area contributed by atoms with Crippen LogP contribution in [0.2, 0.25) is 0 Å². The van der Waals surface area contributed by atoms with Gasteiger partial charge in [0.15, 0.2) is 6.10 Å². The van der Waals surface area contributed by atoms with Gasteiger partial charge in [-0.1, -0.05) is 31.2 Å². The highest BCUT2D eigenvalue weighted by molar-refractivity contribution is 6.01. The lowest BCUT2D eigenvalue weighted by atomic mass is 10.0. The number of carbonyl (C=O) groups is 2. The zero-order valence-corrected chi connectivity index (χ0v) is 14.5. The molecule has 3 rings (SSSR count). The molecule has 0 fully saturated rings. The Morgan fingerprint density at radius 1 is 1.04 bits per heavy atom. The van der Waals surface area contributed by atoms with Gasteiger partial charge in [-0.05, 0) is 53.6 Å². The van der Waals surface area contributed by atoms with Gasteiger partial charge in [0.1, 0.15) is 6.33 Å². The second kappa shape index (κ2) is 7.69. The lowest BCUT2D eigenvalue weighted by Gasteiger charge is -2.13. The molecule has 7 heteroatoms. The first-order chi connectivity index (χ1) is 12.6. The number of rotatable bonds is 6. The van der Waals surface area contributed by atoms with E-state index in [4.69, 9.17) is 4.74 Å². The van der Waals surface area contributed by atoms with Crippen molar-refractivity contribution in [2.24, 2.45) is 0 Å². The molecule has 0 aliphatic rings. The highest BCUT2D eigenvalue weighted by Crippen LogP contribution is 2.13. The summed E-state index contributed by atoms with van der Waals surface area (Å²) in [5, 5.41) is 10.9. The van der Waals surface area contributed by atoms with Gasteiger partial charge in [0, 0.05) is 5.56 Å². The number of carbonyl (C=O) groups excluding carboxylic acids is 2. The number of nitrogens with zero attached hydrogens (tertiary/aromatic N) is 4. The zero-order chi connectivity index (χ0) is 18.5. The molecule has 132 valence electrons. The molecule has 0 spiro atoms. The number of esters is 1. The van der Waals surface area contributed by atoms with Crippen molar-refractivity contribution in [3.8, 4) is 5.69 Å². The van der Waals surface area contributed by atoms with Crippen LogP contribution in [0.25, 0.3) is 5.69 Å². The van der Waals surface area contributed by atoms with Crippen molar-refractivity contribution in [1.29, 1.82) is 0 Å². The van der Waals surface area contributed by atoms with E-state index in [2.05, 4.69) is 15.5 Å². The highest BCUT2D eigenvalue weighted by Gasteiger charge is 2.20. The summed E-state index contributed by atoms with van der Waals surface area (Å²) in [6.45, 7) is 3.62. The fourth-order valence-corrected chi connectivity index (χ4v) is 2.45. The standard InChI is InChI=1S/C19H18N4O3/c1-3-14-4-6-15(7-5-14)18(24)13(2)26-19(25)16-8-10-17(11-9-16)23-12-20-21-22-23/h4-13H,3H2,1-2H3. The zero-order valence-electron chi connectivity index (χ0n) is 14.5. The van der Waals surface area contributed by atoms with Crippen LogP contribution in [-0.2, 0) is 11.2 Å². The third kappa shape index (κ3) is 3.83. The molecule has 1 heterocycles. The molecule has 1 unspecified atom stereocenters. The molecule has 1 atom stereocenters. The van der Waals surface area contributed by atoms with Crippen molar-refractivity contribution in [2.75, 3.05) is 0 Å². The average Bonchev–Trinajstić information content (AvgIpc) is 3.22. The van der Waals surface area contributed by atoms with E-state index in [1.807, 2.05) is 19.1 Å². The molecule has 7 nitrogen and oxygen atoms in total. The Bertz CT molecular complexity index is 888. The lowest BCUT2D eigenvalue weighted by Crippen LogP contribution is -2.24. The minimum Gasteiger partial charge on any atom is -0.451 e. The fourth-order valence-electron chi connectivity index (χ4n) is 2.45. The Labute approximate surface area is 150 Å². The topological polar surface area (TPSA) is 87.0 Å². The normalized spacial score (nSPS) is 11.8. The summed E-state index contributed by atoms with van der Waals surface area (Å²) in [5.74, 6) is -0.786. The summed E-state index contributed by atoms with van der Waals surface area (Å²) in [6, 6.07) is 13.9. The minimum absolute atomic E-state index is 0.230. The van der Waals surface area contributed by atoms with Gasteiger partial charge in [0.25, 0.3) is 0 Å². The van der Waals surface area contributed by atoms with Crippen LogP contribution in [0.5, 0.6) is 0 Å². The third-order valence-corrected chi connectivity index (χ3v) is 4.02. The maximum atomic E-state index is 12.4. The van der Waals surface area contributed by atoms with E-state index in [9.17, 15) is 9.59 Å². The maximum absolute atomic E-state index is 12.4. The summed E-state index contributed by atoms with van der Waals surface area (Å²) in [7, 11) is 0. The molecule has 26 heavy (non-hydrogen) atoms. The van der Waals surface area contributed by atoms with Crippen LogP contribution in [0.15, 0.2) is 54.9 Å².